The zero-order valence-corrected chi connectivity index (χ0v) is 12.6. The molecule has 4 heteroatoms. The Labute approximate surface area is 121 Å². The molecule has 20 heavy (non-hydrogen) atoms. The summed E-state index contributed by atoms with van der Waals surface area (Å²) < 4.78 is 1.83. The number of para-hydroxylation sites is 1. The third-order valence-corrected chi connectivity index (χ3v) is 3.55. The molecule has 2 rings (SSSR count). The number of aromatic nitrogens is 2. The van der Waals surface area contributed by atoms with E-state index in [-0.39, 0.29) is 0 Å². The largest absolute Gasteiger partial charge is 0.381 e. The van der Waals surface area contributed by atoms with Crippen LogP contribution >= 0.6 is 0 Å². The van der Waals surface area contributed by atoms with Crippen molar-refractivity contribution in [3.8, 4) is 0 Å². The molecule has 108 valence electrons. The van der Waals surface area contributed by atoms with Gasteiger partial charge in [0.25, 0.3) is 0 Å². The van der Waals surface area contributed by atoms with Crippen molar-refractivity contribution < 1.29 is 0 Å². The highest BCUT2D eigenvalue weighted by Crippen LogP contribution is 2.18. The third kappa shape index (κ3) is 3.84. The van der Waals surface area contributed by atoms with Crippen molar-refractivity contribution in [2.24, 2.45) is 7.05 Å². The first-order valence-corrected chi connectivity index (χ1v) is 7.24. The molecule has 0 unspecified atom stereocenters. The fourth-order valence-electron chi connectivity index (χ4n) is 2.28. The molecule has 2 aromatic rings. The second kappa shape index (κ2) is 7.10. The molecule has 0 amide bonds. The maximum absolute atomic E-state index is 4.19. The van der Waals surface area contributed by atoms with Crippen LogP contribution in [0.15, 0.2) is 36.7 Å². The Hall–Kier alpha value is -1.81. The van der Waals surface area contributed by atoms with Gasteiger partial charge in [-0.2, -0.15) is 5.10 Å². The Morgan fingerprint density at radius 1 is 1.20 bits per heavy atom. The summed E-state index contributed by atoms with van der Waals surface area (Å²) in [6, 6.07) is 8.53. The number of rotatable bonds is 7. The molecule has 1 aromatic carbocycles. The van der Waals surface area contributed by atoms with Gasteiger partial charge in [0.1, 0.15) is 0 Å². The highest BCUT2D eigenvalue weighted by atomic mass is 15.2. The van der Waals surface area contributed by atoms with Crippen molar-refractivity contribution in [1.29, 1.82) is 0 Å². The molecule has 1 N–H and O–H groups in total. The van der Waals surface area contributed by atoms with Crippen LogP contribution in [0.25, 0.3) is 0 Å². The van der Waals surface area contributed by atoms with Crippen LogP contribution in [0, 0.1) is 0 Å². The summed E-state index contributed by atoms with van der Waals surface area (Å²) in [4.78, 5) is 2.42. The van der Waals surface area contributed by atoms with Crippen molar-refractivity contribution in [2.45, 2.75) is 26.9 Å². The van der Waals surface area contributed by atoms with E-state index in [0.29, 0.717) is 0 Å². The van der Waals surface area contributed by atoms with Crippen LogP contribution in [-0.2, 0) is 20.1 Å². The van der Waals surface area contributed by atoms with E-state index >= 15 is 0 Å². The van der Waals surface area contributed by atoms with Gasteiger partial charge < -0.3 is 5.32 Å². The van der Waals surface area contributed by atoms with Crippen molar-refractivity contribution in [3.05, 3.63) is 47.8 Å². The predicted molar refractivity (Wildman–Crippen MR) is 83.6 cm³/mol. The van der Waals surface area contributed by atoms with Gasteiger partial charge in [0.15, 0.2) is 0 Å². The number of benzene rings is 1. The SMILES string of the molecule is CCN(CC)Cc1ccccc1NCc1cnn(C)c1. The molecule has 0 aliphatic heterocycles. The zero-order chi connectivity index (χ0) is 14.4. The summed E-state index contributed by atoms with van der Waals surface area (Å²) in [5.41, 5.74) is 3.76. The topological polar surface area (TPSA) is 33.1 Å². The molecule has 0 fully saturated rings. The molecule has 1 heterocycles. The molecule has 0 spiro atoms. The molecular weight excluding hydrogens is 248 g/mol. The second-order valence-corrected chi connectivity index (χ2v) is 4.99. The lowest BCUT2D eigenvalue weighted by atomic mass is 10.1. The fraction of sp³-hybridized carbons (Fsp3) is 0.438. The Morgan fingerprint density at radius 2 is 1.95 bits per heavy atom. The van der Waals surface area contributed by atoms with Crippen LogP contribution in [0.1, 0.15) is 25.0 Å². The van der Waals surface area contributed by atoms with E-state index in [4.69, 9.17) is 0 Å². The van der Waals surface area contributed by atoms with Gasteiger partial charge >= 0.3 is 0 Å². The van der Waals surface area contributed by atoms with Gasteiger partial charge in [-0.25, -0.2) is 0 Å². The number of nitrogens with zero attached hydrogens (tertiary/aromatic N) is 3. The van der Waals surface area contributed by atoms with E-state index in [1.807, 2.05) is 24.1 Å². The lowest BCUT2D eigenvalue weighted by Gasteiger charge is -2.20. The van der Waals surface area contributed by atoms with E-state index in [0.717, 1.165) is 26.2 Å². The quantitative estimate of drug-likeness (QED) is 0.841. The maximum atomic E-state index is 4.19. The molecule has 0 bridgehead atoms. The first kappa shape index (κ1) is 14.6. The van der Waals surface area contributed by atoms with E-state index in [1.54, 1.807) is 0 Å². The Morgan fingerprint density at radius 3 is 2.60 bits per heavy atom. The number of aryl methyl sites for hydroxylation is 1. The summed E-state index contributed by atoms with van der Waals surface area (Å²) >= 11 is 0. The smallest absolute Gasteiger partial charge is 0.0539 e. The van der Waals surface area contributed by atoms with Gasteiger partial charge in [-0.05, 0) is 24.7 Å². The van der Waals surface area contributed by atoms with Gasteiger partial charge in [-0.15, -0.1) is 0 Å². The van der Waals surface area contributed by atoms with Gasteiger partial charge in [-0.1, -0.05) is 32.0 Å². The number of nitrogens with one attached hydrogen (secondary N) is 1. The van der Waals surface area contributed by atoms with E-state index in [2.05, 4.69) is 53.4 Å². The Bertz CT molecular complexity index is 529. The van der Waals surface area contributed by atoms with Gasteiger partial charge in [-0.3, -0.25) is 9.58 Å². The third-order valence-electron chi connectivity index (χ3n) is 3.55. The summed E-state index contributed by atoms with van der Waals surface area (Å²) in [6.45, 7) is 8.36. The molecule has 0 saturated heterocycles. The zero-order valence-electron chi connectivity index (χ0n) is 12.6. The maximum Gasteiger partial charge on any atom is 0.0539 e. The van der Waals surface area contributed by atoms with Crippen LogP contribution in [0.3, 0.4) is 0 Å². The minimum Gasteiger partial charge on any atom is -0.381 e. The van der Waals surface area contributed by atoms with Crippen molar-refractivity contribution in [3.63, 3.8) is 0 Å². The van der Waals surface area contributed by atoms with E-state index < -0.39 is 0 Å². The predicted octanol–water partition coefficient (Wildman–Crippen LogP) is 2.87. The minimum absolute atomic E-state index is 0.809. The van der Waals surface area contributed by atoms with Gasteiger partial charge in [0, 0.05) is 37.6 Å². The molecule has 0 aliphatic rings. The van der Waals surface area contributed by atoms with Crippen LogP contribution in [-0.4, -0.2) is 27.8 Å². The highest BCUT2D eigenvalue weighted by Gasteiger charge is 2.06. The summed E-state index contributed by atoms with van der Waals surface area (Å²) in [7, 11) is 1.94. The van der Waals surface area contributed by atoms with Crippen LogP contribution in [0.2, 0.25) is 0 Å². The van der Waals surface area contributed by atoms with Crippen molar-refractivity contribution in [1.82, 2.24) is 14.7 Å². The Kier molecular flexibility index (Phi) is 5.18. The average molecular weight is 272 g/mol. The normalized spacial score (nSPS) is 11.0. The molecule has 0 saturated carbocycles. The minimum atomic E-state index is 0.809. The average Bonchev–Trinajstić information content (AvgIpc) is 2.89. The van der Waals surface area contributed by atoms with Crippen LogP contribution in [0.4, 0.5) is 5.69 Å². The second-order valence-electron chi connectivity index (χ2n) is 4.99. The summed E-state index contributed by atoms with van der Waals surface area (Å²) in [5.74, 6) is 0. The van der Waals surface area contributed by atoms with Crippen molar-refractivity contribution >= 4 is 5.69 Å². The molecule has 0 aliphatic carbocycles. The van der Waals surface area contributed by atoms with Gasteiger partial charge in [0.05, 0.1) is 6.20 Å². The fourth-order valence-corrected chi connectivity index (χ4v) is 2.28. The Balaban J connectivity index is 2.03. The number of hydrogen-bond acceptors (Lipinski definition) is 3. The molecule has 0 atom stereocenters. The first-order chi connectivity index (χ1) is 9.72. The van der Waals surface area contributed by atoms with Crippen molar-refractivity contribution in [2.75, 3.05) is 18.4 Å². The lowest BCUT2D eigenvalue weighted by molar-refractivity contribution is 0.296. The monoisotopic (exact) mass is 272 g/mol. The van der Waals surface area contributed by atoms with E-state index in [1.165, 1.54) is 16.8 Å². The van der Waals surface area contributed by atoms with Crippen LogP contribution < -0.4 is 5.32 Å². The highest BCUT2D eigenvalue weighted by molar-refractivity contribution is 5.51. The number of anilines is 1. The molecular formula is C16H24N4. The first-order valence-electron chi connectivity index (χ1n) is 7.24. The van der Waals surface area contributed by atoms with Gasteiger partial charge in [0.2, 0.25) is 0 Å². The standard InChI is InChI=1S/C16H24N4/c1-4-20(5-2)13-15-8-6-7-9-16(15)17-10-14-11-18-19(3)12-14/h6-9,11-12,17H,4-5,10,13H2,1-3H3. The summed E-state index contributed by atoms with van der Waals surface area (Å²) in [5, 5.41) is 7.71. The van der Waals surface area contributed by atoms with Crippen LogP contribution in [0.5, 0.6) is 0 Å². The number of hydrogen-bond donors (Lipinski definition) is 1. The van der Waals surface area contributed by atoms with E-state index in [9.17, 15) is 0 Å². The molecule has 4 nitrogen and oxygen atoms in total. The molecule has 1 aromatic heterocycles. The summed E-state index contributed by atoms with van der Waals surface area (Å²) in [6.07, 6.45) is 3.94. The molecule has 0 radical (unpaired) electrons. The lowest BCUT2D eigenvalue weighted by Crippen LogP contribution is -2.22.